The van der Waals surface area contributed by atoms with Gasteiger partial charge in [0.25, 0.3) is 0 Å². The molecule has 3 atom stereocenters. The third kappa shape index (κ3) is 3.63. The van der Waals surface area contributed by atoms with E-state index in [2.05, 4.69) is 6.92 Å². The Morgan fingerprint density at radius 1 is 1.38 bits per heavy atom. The van der Waals surface area contributed by atoms with E-state index in [1.807, 2.05) is 0 Å². The first kappa shape index (κ1) is 11.0. The summed E-state index contributed by atoms with van der Waals surface area (Å²) in [4.78, 5) is 0. The quantitative estimate of drug-likeness (QED) is 0.617. The lowest BCUT2D eigenvalue weighted by Crippen LogP contribution is -3.12. The standard InChI is InChI=1S/C10H21NO2/c1-2-5-9-6-3-4-7-10(12)8-11(9)13/h9-12H,2-8H2,1H3/t9?,10-/m1/s1. The van der Waals surface area contributed by atoms with Gasteiger partial charge in [0.15, 0.2) is 0 Å². The van der Waals surface area contributed by atoms with Crippen LogP contribution < -0.4 is 5.06 Å². The van der Waals surface area contributed by atoms with Crippen LogP contribution in [0.15, 0.2) is 0 Å². The molecule has 1 heterocycles. The largest absolute Gasteiger partial charge is 0.634 e. The molecule has 2 N–H and O–H groups in total. The zero-order chi connectivity index (χ0) is 9.68. The fraction of sp³-hybridized carbons (Fsp3) is 1.00. The molecule has 1 aliphatic heterocycles. The van der Waals surface area contributed by atoms with Crippen LogP contribution in [0.25, 0.3) is 0 Å². The highest BCUT2D eigenvalue weighted by Gasteiger charge is 2.20. The Morgan fingerprint density at radius 3 is 2.77 bits per heavy atom. The van der Waals surface area contributed by atoms with Crippen molar-refractivity contribution in [3.8, 4) is 0 Å². The van der Waals surface area contributed by atoms with Gasteiger partial charge in [-0.05, 0) is 25.7 Å². The van der Waals surface area contributed by atoms with Crippen molar-refractivity contribution in [1.29, 1.82) is 0 Å². The fourth-order valence-corrected chi connectivity index (χ4v) is 2.09. The summed E-state index contributed by atoms with van der Waals surface area (Å²) >= 11 is 0. The van der Waals surface area contributed by atoms with Crippen molar-refractivity contribution < 1.29 is 10.2 Å². The Balaban J connectivity index is 2.41. The summed E-state index contributed by atoms with van der Waals surface area (Å²) in [5.74, 6) is 0. The molecule has 3 heteroatoms. The van der Waals surface area contributed by atoms with Crippen molar-refractivity contribution in [3.63, 3.8) is 0 Å². The van der Waals surface area contributed by atoms with Crippen LogP contribution in [0.5, 0.6) is 0 Å². The molecule has 2 unspecified atom stereocenters. The van der Waals surface area contributed by atoms with E-state index in [0.717, 1.165) is 38.5 Å². The third-order valence-electron chi connectivity index (χ3n) is 2.87. The zero-order valence-corrected chi connectivity index (χ0v) is 8.46. The molecule has 0 saturated carbocycles. The first-order valence-corrected chi connectivity index (χ1v) is 5.44. The average Bonchev–Trinajstić information content (AvgIpc) is 2.08. The summed E-state index contributed by atoms with van der Waals surface area (Å²) in [6.07, 6.45) is 5.75. The molecule has 1 rings (SSSR count). The molecule has 0 aromatic heterocycles. The average molecular weight is 187 g/mol. The zero-order valence-electron chi connectivity index (χ0n) is 8.46. The van der Waals surface area contributed by atoms with Gasteiger partial charge in [0.05, 0.1) is 6.04 Å². The van der Waals surface area contributed by atoms with Crippen molar-refractivity contribution in [3.05, 3.63) is 5.21 Å². The minimum absolute atomic E-state index is 0.236. The highest BCUT2D eigenvalue weighted by Crippen LogP contribution is 2.10. The molecule has 0 amide bonds. The Kier molecular flexibility index (Phi) is 4.70. The molecule has 0 aromatic carbocycles. The van der Waals surface area contributed by atoms with Gasteiger partial charge in [0.1, 0.15) is 12.6 Å². The smallest absolute Gasteiger partial charge is 0.103 e. The van der Waals surface area contributed by atoms with E-state index in [9.17, 15) is 10.3 Å². The Labute approximate surface area is 80.3 Å². The van der Waals surface area contributed by atoms with Gasteiger partial charge in [-0.1, -0.05) is 19.8 Å². The number of hydroxylamine groups is 2. The van der Waals surface area contributed by atoms with Crippen LogP contribution in [0.4, 0.5) is 0 Å². The molecule has 1 saturated heterocycles. The molecule has 1 fully saturated rings. The van der Waals surface area contributed by atoms with E-state index in [0.29, 0.717) is 6.54 Å². The lowest BCUT2D eigenvalue weighted by Gasteiger charge is -2.34. The lowest BCUT2D eigenvalue weighted by atomic mass is 9.99. The summed E-state index contributed by atoms with van der Waals surface area (Å²) in [5.41, 5.74) is 0. The molecule has 0 aliphatic carbocycles. The van der Waals surface area contributed by atoms with E-state index >= 15 is 0 Å². The van der Waals surface area contributed by atoms with E-state index in [-0.39, 0.29) is 17.2 Å². The predicted molar refractivity (Wildman–Crippen MR) is 52.4 cm³/mol. The first-order valence-electron chi connectivity index (χ1n) is 5.44. The molecule has 0 radical (unpaired) electrons. The molecule has 0 aromatic rings. The number of aliphatic hydroxyl groups is 1. The van der Waals surface area contributed by atoms with Crippen LogP contribution >= 0.6 is 0 Å². The maximum absolute atomic E-state index is 11.6. The molecule has 1 aliphatic rings. The van der Waals surface area contributed by atoms with Crippen molar-refractivity contribution >= 4 is 0 Å². The van der Waals surface area contributed by atoms with Gasteiger partial charge in [0, 0.05) is 0 Å². The monoisotopic (exact) mass is 187 g/mol. The molecule has 78 valence electrons. The van der Waals surface area contributed by atoms with E-state index in [1.165, 1.54) is 0 Å². The molecule has 3 nitrogen and oxygen atoms in total. The van der Waals surface area contributed by atoms with Crippen molar-refractivity contribution in [1.82, 2.24) is 0 Å². The number of hydrogen-bond acceptors (Lipinski definition) is 2. The van der Waals surface area contributed by atoms with Crippen LogP contribution in [0.2, 0.25) is 0 Å². The van der Waals surface area contributed by atoms with Crippen molar-refractivity contribution in [2.75, 3.05) is 6.54 Å². The van der Waals surface area contributed by atoms with Crippen LogP contribution in [0.1, 0.15) is 45.4 Å². The molecule has 0 spiro atoms. The van der Waals surface area contributed by atoms with Gasteiger partial charge in [-0.2, -0.15) is 0 Å². The number of nitrogens with one attached hydrogen (secondary N) is 1. The van der Waals surface area contributed by atoms with Gasteiger partial charge in [-0.25, -0.2) is 0 Å². The fourth-order valence-electron chi connectivity index (χ4n) is 2.09. The molecular formula is C10H21NO2. The summed E-state index contributed by atoms with van der Waals surface area (Å²) < 4.78 is 0. The van der Waals surface area contributed by atoms with E-state index in [1.54, 1.807) is 0 Å². The minimum Gasteiger partial charge on any atom is -0.634 e. The summed E-state index contributed by atoms with van der Waals surface area (Å²) in [6, 6.07) is 0.236. The van der Waals surface area contributed by atoms with Crippen LogP contribution in [0.3, 0.4) is 0 Å². The summed E-state index contributed by atoms with van der Waals surface area (Å²) in [6.45, 7) is 2.51. The van der Waals surface area contributed by atoms with E-state index < -0.39 is 0 Å². The maximum Gasteiger partial charge on any atom is 0.103 e. The van der Waals surface area contributed by atoms with Gasteiger partial charge in [-0.15, -0.1) is 0 Å². The molecule has 13 heavy (non-hydrogen) atoms. The third-order valence-corrected chi connectivity index (χ3v) is 2.87. The summed E-state index contributed by atoms with van der Waals surface area (Å²) in [7, 11) is 0. The SMILES string of the molecule is CCCC1CCCC[C@@H](O)C[NH+]1[O-]. The Hall–Kier alpha value is -0.120. The minimum atomic E-state index is -0.368. The second-order valence-electron chi connectivity index (χ2n) is 4.09. The molecular weight excluding hydrogens is 166 g/mol. The number of rotatable bonds is 2. The van der Waals surface area contributed by atoms with Crippen LogP contribution in [0, 0.1) is 5.21 Å². The predicted octanol–water partition coefficient (Wildman–Crippen LogP) is 0.473. The summed E-state index contributed by atoms with van der Waals surface area (Å²) in [5, 5.41) is 21.3. The molecule has 0 bridgehead atoms. The second kappa shape index (κ2) is 5.58. The normalized spacial score (nSPS) is 36.7. The number of aliphatic hydroxyl groups excluding tert-OH is 1. The van der Waals surface area contributed by atoms with Gasteiger partial charge in [-0.3, -0.25) is 0 Å². The number of quaternary nitrogens is 1. The van der Waals surface area contributed by atoms with Gasteiger partial charge >= 0.3 is 0 Å². The van der Waals surface area contributed by atoms with Crippen molar-refractivity contribution in [2.45, 2.75) is 57.6 Å². The van der Waals surface area contributed by atoms with E-state index in [4.69, 9.17) is 0 Å². The number of hydrogen-bond donors (Lipinski definition) is 2. The van der Waals surface area contributed by atoms with Crippen LogP contribution in [-0.4, -0.2) is 23.8 Å². The maximum atomic E-state index is 11.6. The first-order chi connectivity index (χ1) is 6.24. The topological polar surface area (TPSA) is 47.7 Å². The lowest BCUT2D eigenvalue weighted by molar-refractivity contribution is -0.880. The van der Waals surface area contributed by atoms with Gasteiger partial charge in [0.2, 0.25) is 0 Å². The second-order valence-corrected chi connectivity index (χ2v) is 4.09. The van der Waals surface area contributed by atoms with Crippen molar-refractivity contribution in [2.24, 2.45) is 0 Å². The Bertz CT molecular complexity index is 141. The van der Waals surface area contributed by atoms with Crippen LogP contribution in [-0.2, 0) is 0 Å². The highest BCUT2D eigenvalue weighted by atomic mass is 16.5. The van der Waals surface area contributed by atoms with Gasteiger partial charge < -0.3 is 15.4 Å². The Morgan fingerprint density at radius 2 is 2.08 bits per heavy atom. The highest BCUT2D eigenvalue weighted by molar-refractivity contribution is 4.64.